The molecule has 2 amide bonds. The van der Waals surface area contributed by atoms with Crippen molar-refractivity contribution in [3.05, 3.63) is 93.9 Å². The number of carbonyl (C=O) groups excluding carboxylic acids is 3. The molecule has 0 fully saturated rings. The highest BCUT2D eigenvalue weighted by molar-refractivity contribution is 5.97. The number of nitrogens with one attached hydrogen (secondary N) is 1. The van der Waals surface area contributed by atoms with Crippen LogP contribution in [0.3, 0.4) is 0 Å². The molecule has 0 spiro atoms. The molecular weight excluding hydrogens is 430 g/mol. The van der Waals surface area contributed by atoms with Gasteiger partial charge >= 0.3 is 5.97 Å². The first kappa shape index (κ1) is 21.8. The molecule has 1 atom stereocenters. The number of para-hydroxylation sites is 2. The van der Waals surface area contributed by atoms with Crippen LogP contribution >= 0.6 is 0 Å². The van der Waals surface area contributed by atoms with Crippen molar-refractivity contribution in [2.75, 3.05) is 11.9 Å². The summed E-state index contributed by atoms with van der Waals surface area (Å²) < 4.78 is 10.4. The first-order chi connectivity index (χ1) is 15.9. The van der Waals surface area contributed by atoms with E-state index in [-0.39, 0.29) is 30.1 Å². The van der Waals surface area contributed by atoms with Crippen molar-refractivity contribution in [1.29, 1.82) is 0 Å². The third-order valence-electron chi connectivity index (χ3n) is 5.23. The molecule has 0 aliphatic carbocycles. The maximum absolute atomic E-state index is 12.9. The van der Waals surface area contributed by atoms with Crippen LogP contribution in [0.4, 0.5) is 11.4 Å². The van der Waals surface area contributed by atoms with Crippen molar-refractivity contribution < 1.29 is 28.5 Å². The summed E-state index contributed by atoms with van der Waals surface area (Å²) in [6.07, 6.45) is 1.58. The number of amides is 2. The fourth-order valence-corrected chi connectivity index (χ4v) is 3.65. The van der Waals surface area contributed by atoms with E-state index < -0.39 is 35.4 Å². The van der Waals surface area contributed by atoms with Crippen LogP contribution in [0.2, 0.25) is 0 Å². The summed E-state index contributed by atoms with van der Waals surface area (Å²) >= 11 is 0. The molecule has 168 valence electrons. The van der Waals surface area contributed by atoms with Gasteiger partial charge in [0.25, 0.3) is 17.5 Å². The Labute approximate surface area is 187 Å². The Morgan fingerprint density at radius 1 is 1.06 bits per heavy atom. The van der Waals surface area contributed by atoms with E-state index in [0.717, 1.165) is 11.1 Å². The Kier molecular flexibility index (Phi) is 6.16. The molecule has 2 aromatic carbocycles. The number of benzene rings is 2. The fourth-order valence-electron chi connectivity index (χ4n) is 3.65. The molecule has 2 heterocycles. The van der Waals surface area contributed by atoms with Crippen LogP contribution in [-0.2, 0) is 27.3 Å². The molecule has 1 N–H and O–H groups in total. The molecule has 0 saturated carbocycles. The van der Waals surface area contributed by atoms with Crippen LogP contribution in [0.15, 0.2) is 71.3 Å². The lowest BCUT2D eigenvalue weighted by molar-refractivity contribution is -0.383. The average Bonchev–Trinajstić information content (AvgIpc) is 3.36. The lowest BCUT2D eigenvalue weighted by Gasteiger charge is -2.34. The number of furan rings is 1. The van der Waals surface area contributed by atoms with Crippen molar-refractivity contribution in [1.82, 2.24) is 4.90 Å². The number of fused-ring (bicyclic) bond motifs is 1. The van der Waals surface area contributed by atoms with E-state index in [2.05, 4.69) is 5.32 Å². The van der Waals surface area contributed by atoms with Crippen molar-refractivity contribution in [3.63, 3.8) is 0 Å². The van der Waals surface area contributed by atoms with Gasteiger partial charge in [-0.05, 0) is 29.3 Å². The van der Waals surface area contributed by atoms with Crippen molar-refractivity contribution in [2.45, 2.75) is 19.0 Å². The topological polar surface area (TPSA) is 132 Å². The summed E-state index contributed by atoms with van der Waals surface area (Å²) in [7, 11) is 0. The quantitative estimate of drug-likeness (QED) is 0.348. The summed E-state index contributed by atoms with van der Waals surface area (Å²) in [5.41, 5.74) is 1.50. The molecule has 10 nitrogen and oxygen atoms in total. The molecule has 1 aliphatic heterocycles. The number of nitro groups is 1. The summed E-state index contributed by atoms with van der Waals surface area (Å²) in [6, 6.07) is 15.2. The van der Waals surface area contributed by atoms with Crippen LogP contribution < -0.4 is 5.32 Å². The third-order valence-corrected chi connectivity index (χ3v) is 5.23. The molecule has 33 heavy (non-hydrogen) atoms. The molecule has 10 heteroatoms. The lowest BCUT2D eigenvalue weighted by Crippen LogP contribution is -2.49. The molecular formula is C23H19N3O7. The van der Waals surface area contributed by atoms with Gasteiger partial charge in [0.05, 0.1) is 11.2 Å². The number of hydrogen-bond acceptors (Lipinski definition) is 7. The van der Waals surface area contributed by atoms with Crippen LogP contribution in [0.25, 0.3) is 0 Å². The highest BCUT2D eigenvalue weighted by Crippen LogP contribution is 2.26. The number of nitro benzene ring substituents is 1. The standard InChI is InChI=1S/C23H19N3O7/c27-21(24-17-8-3-4-9-18(17)26(30)31)14-33-23(29)19-12-15-6-1-2-7-16(15)13-25(19)22(28)20-10-5-11-32-20/h1-11,19H,12-14H2,(H,24,27). The largest absolute Gasteiger partial charge is 0.459 e. The van der Waals surface area contributed by atoms with Gasteiger partial charge in [-0.25, -0.2) is 4.79 Å². The second-order valence-corrected chi connectivity index (χ2v) is 7.33. The normalized spacial score (nSPS) is 14.8. The van der Waals surface area contributed by atoms with Crippen LogP contribution in [0, 0.1) is 10.1 Å². The molecule has 0 bridgehead atoms. The van der Waals surface area contributed by atoms with Crippen LogP contribution in [0.5, 0.6) is 0 Å². The van der Waals surface area contributed by atoms with Gasteiger partial charge in [0.1, 0.15) is 11.7 Å². The molecule has 0 radical (unpaired) electrons. The number of anilines is 1. The summed E-state index contributed by atoms with van der Waals surface area (Å²) in [5, 5.41) is 13.5. The Bertz CT molecular complexity index is 1210. The maximum atomic E-state index is 12.9. The SMILES string of the molecule is O=C(COC(=O)C1Cc2ccccc2CN1C(=O)c1ccco1)Nc1ccccc1[N+](=O)[O-]. The zero-order chi connectivity index (χ0) is 23.4. The molecule has 4 rings (SSSR count). The molecule has 0 saturated heterocycles. The number of esters is 1. The highest BCUT2D eigenvalue weighted by atomic mass is 16.6. The smallest absolute Gasteiger partial charge is 0.329 e. The lowest BCUT2D eigenvalue weighted by atomic mass is 9.93. The first-order valence-electron chi connectivity index (χ1n) is 10.0. The Hall–Kier alpha value is -4.47. The number of hydrogen-bond donors (Lipinski definition) is 1. The summed E-state index contributed by atoms with van der Waals surface area (Å²) in [4.78, 5) is 49.9. The van der Waals surface area contributed by atoms with E-state index in [1.54, 1.807) is 6.07 Å². The van der Waals surface area contributed by atoms with Gasteiger partial charge in [0, 0.05) is 19.0 Å². The zero-order valence-electron chi connectivity index (χ0n) is 17.3. The Balaban J connectivity index is 1.47. The van der Waals surface area contributed by atoms with Crippen molar-refractivity contribution in [3.8, 4) is 0 Å². The zero-order valence-corrected chi connectivity index (χ0v) is 17.3. The molecule has 1 aromatic heterocycles. The predicted molar refractivity (Wildman–Crippen MR) is 115 cm³/mol. The van der Waals surface area contributed by atoms with Gasteiger partial charge in [-0.3, -0.25) is 19.7 Å². The fraction of sp³-hybridized carbons (Fsp3) is 0.174. The molecule has 1 unspecified atom stereocenters. The van der Waals surface area contributed by atoms with E-state index in [0.29, 0.717) is 0 Å². The number of rotatable bonds is 6. The van der Waals surface area contributed by atoms with E-state index in [9.17, 15) is 24.5 Å². The van der Waals surface area contributed by atoms with Crippen LogP contribution in [0.1, 0.15) is 21.7 Å². The molecule has 1 aliphatic rings. The van der Waals surface area contributed by atoms with E-state index >= 15 is 0 Å². The summed E-state index contributed by atoms with van der Waals surface area (Å²) in [5.74, 6) is -1.89. The summed E-state index contributed by atoms with van der Waals surface area (Å²) in [6.45, 7) is -0.482. The van der Waals surface area contributed by atoms with Crippen molar-refractivity contribution >= 4 is 29.2 Å². The number of nitrogens with zero attached hydrogens (tertiary/aromatic N) is 2. The highest BCUT2D eigenvalue weighted by Gasteiger charge is 2.37. The predicted octanol–water partition coefficient (Wildman–Crippen LogP) is 2.94. The second-order valence-electron chi connectivity index (χ2n) is 7.33. The second kappa shape index (κ2) is 9.35. The van der Waals surface area contributed by atoms with Crippen LogP contribution in [-0.4, -0.2) is 40.3 Å². The minimum Gasteiger partial charge on any atom is -0.459 e. The Morgan fingerprint density at radius 2 is 1.79 bits per heavy atom. The van der Waals surface area contributed by atoms with Gasteiger partial charge < -0.3 is 19.4 Å². The van der Waals surface area contributed by atoms with E-state index in [1.165, 1.54) is 41.5 Å². The van der Waals surface area contributed by atoms with Gasteiger partial charge in [-0.15, -0.1) is 0 Å². The molecule has 3 aromatic rings. The monoisotopic (exact) mass is 449 g/mol. The van der Waals surface area contributed by atoms with E-state index in [1.807, 2.05) is 24.3 Å². The van der Waals surface area contributed by atoms with Gasteiger partial charge in [0.2, 0.25) is 0 Å². The number of carbonyl (C=O) groups is 3. The number of ether oxygens (including phenoxy) is 1. The first-order valence-corrected chi connectivity index (χ1v) is 10.0. The minimum absolute atomic E-state index is 0.00948. The van der Waals surface area contributed by atoms with Crippen molar-refractivity contribution in [2.24, 2.45) is 0 Å². The van der Waals surface area contributed by atoms with E-state index in [4.69, 9.17) is 9.15 Å². The van der Waals surface area contributed by atoms with Gasteiger partial charge in [0.15, 0.2) is 12.4 Å². The maximum Gasteiger partial charge on any atom is 0.329 e. The average molecular weight is 449 g/mol. The Morgan fingerprint density at radius 3 is 2.52 bits per heavy atom. The van der Waals surface area contributed by atoms with Gasteiger partial charge in [-0.2, -0.15) is 0 Å². The third kappa shape index (κ3) is 4.74. The van der Waals surface area contributed by atoms with Gasteiger partial charge in [-0.1, -0.05) is 36.4 Å². The minimum atomic E-state index is -0.962.